The molecule has 2 amide bonds. The molecule has 0 aromatic heterocycles. The number of methoxy groups -OCH3 is 1. The topological polar surface area (TPSA) is 58.6 Å². The second-order valence-electron chi connectivity index (χ2n) is 7.14. The summed E-state index contributed by atoms with van der Waals surface area (Å²) in [5.41, 5.74) is 1.18. The van der Waals surface area contributed by atoms with Crippen molar-refractivity contribution in [3.05, 3.63) is 29.8 Å². The Labute approximate surface area is 150 Å². The van der Waals surface area contributed by atoms with Gasteiger partial charge in [-0.15, -0.1) is 0 Å². The number of rotatable bonds is 7. The number of hydrogen-bond donors (Lipinski definition) is 1. The molecule has 0 radical (unpaired) electrons. The average molecular weight is 346 g/mol. The summed E-state index contributed by atoms with van der Waals surface area (Å²) in [7, 11) is 1.65. The molecule has 138 valence electrons. The summed E-state index contributed by atoms with van der Waals surface area (Å²) in [6.45, 7) is 6.14. The highest BCUT2D eigenvalue weighted by Crippen LogP contribution is 2.19. The van der Waals surface area contributed by atoms with Gasteiger partial charge in [0.15, 0.2) is 0 Å². The van der Waals surface area contributed by atoms with Crippen molar-refractivity contribution < 1.29 is 14.3 Å². The van der Waals surface area contributed by atoms with Gasteiger partial charge in [-0.1, -0.05) is 26.0 Å². The number of benzene rings is 1. The van der Waals surface area contributed by atoms with Crippen LogP contribution in [-0.2, 0) is 16.0 Å². The fraction of sp³-hybridized carbons (Fsp3) is 0.600. The Morgan fingerprint density at radius 3 is 2.40 bits per heavy atom. The molecule has 0 atom stereocenters. The van der Waals surface area contributed by atoms with Gasteiger partial charge in [0, 0.05) is 32.0 Å². The first-order chi connectivity index (χ1) is 12.0. The van der Waals surface area contributed by atoms with Gasteiger partial charge in [0.2, 0.25) is 11.8 Å². The SMILES string of the molecule is COc1ccc(CCNC(=O)C2CCN(C(=O)CC(C)C)CC2)cc1. The van der Waals surface area contributed by atoms with E-state index in [1.54, 1.807) is 7.11 Å². The summed E-state index contributed by atoms with van der Waals surface area (Å²) >= 11 is 0. The van der Waals surface area contributed by atoms with Crippen molar-refractivity contribution in [3.63, 3.8) is 0 Å². The van der Waals surface area contributed by atoms with E-state index in [2.05, 4.69) is 19.2 Å². The van der Waals surface area contributed by atoms with Crippen LogP contribution in [0.2, 0.25) is 0 Å². The van der Waals surface area contributed by atoms with Gasteiger partial charge in [0.25, 0.3) is 0 Å². The maximum Gasteiger partial charge on any atom is 0.223 e. The van der Waals surface area contributed by atoms with E-state index in [0.717, 1.165) is 25.0 Å². The van der Waals surface area contributed by atoms with Gasteiger partial charge in [-0.25, -0.2) is 0 Å². The van der Waals surface area contributed by atoms with Crippen LogP contribution in [0.15, 0.2) is 24.3 Å². The largest absolute Gasteiger partial charge is 0.497 e. The number of carbonyl (C=O) groups excluding carboxylic acids is 2. The number of hydrogen-bond acceptors (Lipinski definition) is 3. The molecule has 0 saturated carbocycles. The molecular formula is C20H30N2O3. The number of ether oxygens (including phenoxy) is 1. The molecule has 1 fully saturated rings. The van der Waals surface area contributed by atoms with Crippen LogP contribution in [0.4, 0.5) is 0 Å². The zero-order chi connectivity index (χ0) is 18.2. The van der Waals surface area contributed by atoms with Crippen LogP contribution in [0.25, 0.3) is 0 Å². The summed E-state index contributed by atoms with van der Waals surface area (Å²) in [6, 6.07) is 7.90. The van der Waals surface area contributed by atoms with Crippen LogP contribution < -0.4 is 10.1 Å². The van der Waals surface area contributed by atoms with Crippen molar-refractivity contribution in [1.82, 2.24) is 10.2 Å². The Kier molecular flexibility index (Phi) is 7.29. The Morgan fingerprint density at radius 1 is 1.20 bits per heavy atom. The molecule has 5 nitrogen and oxygen atoms in total. The molecule has 0 unspecified atom stereocenters. The van der Waals surface area contributed by atoms with Gasteiger partial charge >= 0.3 is 0 Å². The Bertz CT molecular complexity index is 561. The lowest BCUT2D eigenvalue weighted by Crippen LogP contribution is -2.43. The summed E-state index contributed by atoms with van der Waals surface area (Å²) in [6.07, 6.45) is 2.93. The highest BCUT2D eigenvalue weighted by Gasteiger charge is 2.27. The number of nitrogens with zero attached hydrogens (tertiary/aromatic N) is 1. The Balaban J connectivity index is 1.69. The van der Waals surface area contributed by atoms with Crippen LogP contribution in [-0.4, -0.2) is 43.5 Å². The molecule has 5 heteroatoms. The lowest BCUT2D eigenvalue weighted by Gasteiger charge is -2.31. The monoisotopic (exact) mass is 346 g/mol. The Morgan fingerprint density at radius 2 is 1.84 bits per heavy atom. The molecule has 25 heavy (non-hydrogen) atoms. The van der Waals surface area contributed by atoms with Gasteiger partial charge in [0.1, 0.15) is 5.75 Å². The van der Waals surface area contributed by atoms with Crippen molar-refractivity contribution in [2.75, 3.05) is 26.7 Å². The van der Waals surface area contributed by atoms with E-state index >= 15 is 0 Å². The zero-order valence-corrected chi connectivity index (χ0v) is 15.6. The minimum absolute atomic E-state index is 0.0268. The second-order valence-corrected chi connectivity index (χ2v) is 7.14. The van der Waals surface area contributed by atoms with Crippen molar-refractivity contribution in [3.8, 4) is 5.75 Å². The molecule has 1 aromatic carbocycles. The molecule has 1 aliphatic heterocycles. The first-order valence-corrected chi connectivity index (χ1v) is 9.18. The minimum atomic E-state index is 0.0268. The predicted molar refractivity (Wildman–Crippen MR) is 98.5 cm³/mol. The van der Waals surface area contributed by atoms with Crippen LogP contribution in [0, 0.1) is 11.8 Å². The predicted octanol–water partition coefficient (Wildman–Crippen LogP) is 2.64. The Hall–Kier alpha value is -2.04. The van der Waals surface area contributed by atoms with Crippen molar-refractivity contribution in [2.45, 2.75) is 39.5 Å². The van der Waals surface area contributed by atoms with Crippen LogP contribution >= 0.6 is 0 Å². The third-order valence-corrected chi connectivity index (χ3v) is 4.67. The maximum atomic E-state index is 12.3. The molecule has 1 heterocycles. The summed E-state index contributed by atoms with van der Waals surface area (Å²) in [5.74, 6) is 1.58. The maximum absolute atomic E-state index is 12.3. The van der Waals surface area contributed by atoms with E-state index in [9.17, 15) is 9.59 Å². The summed E-state index contributed by atoms with van der Waals surface area (Å²) < 4.78 is 5.14. The lowest BCUT2D eigenvalue weighted by atomic mass is 9.95. The fourth-order valence-electron chi connectivity index (χ4n) is 3.14. The van der Waals surface area contributed by atoms with Crippen LogP contribution in [0.5, 0.6) is 5.75 Å². The highest BCUT2D eigenvalue weighted by molar-refractivity contribution is 5.80. The molecule has 0 spiro atoms. The third kappa shape index (κ3) is 6.07. The van der Waals surface area contributed by atoms with Gasteiger partial charge in [-0.3, -0.25) is 9.59 Å². The molecule has 1 aromatic rings. The molecule has 1 N–H and O–H groups in total. The molecule has 0 bridgehead atoms. The minimum Gasteiger partial charge on any atom is -0.497 e. The standard InChI is InChI=1S/C20H30N2O3/c1-15(2)14-19(23)22-12-9-17(10-13-22)20(24)21-11-8-16-4-6-18(25-3)7-5-16/h4-7,15,17H,8-14H2,1-3H3,(H,21,24). The molecule has 0 aliphatic carbocycles. The van der Waals surface area contributed by atoms with E-state index in [4.69, 9.17) is 4.74 Å². The molecule has 1 saturated heterocycles. The highest BCUT2D eigenvalue weighted by atomic mass is 16.5. The lowest BCUT2D eigenvalue weighted by molar-refractivity contribution is -0.136. The quantitative estimate of drug-likeness (QED) is 0.826. The first kappa shape index (κ1) is 19.3. The van der Waals surface area contributed by atoms with E-state index < -0.39 is 0 Å². The van der Waals surface area contributed by atoms with E-state index in [0.29, 0.717) is 32.0 Å². The van der Waals surface area contributed by atoms with Crippen molar-refractivity contribution >= 4 is 11.8 Å². The van der Waals surface area contributed by atoms with Crippen molar-refractivity contribution in [1.29, 1.82) is 0 Å². The van der Waals surface area contributed by atoms with Gasteiger partial charge < -0.3 is 15.0 Å². The smallest absolute Gasteiger partial charge is 0.223 e. The van der Waals surface area contributed by atoms with Gasteiger partial charge in [0.05, 0.1) is 7.11 Å². The summed E-state index contributed by atoms with van der Waals surface area (Å²) in [5, 5.41) is 3.03. The molecular weight excluding hydrogens is 316 g/mol. The first-order valence-electron chi connectivity index (χ1n) is 9.18. The van der Waals surface area contributed by atoms with Gasteiger partial charge in [-0.2, -0.15) is 0 Å². The molecule has 2 rings (SSSR count). The van der Waals surface area contributed by atoms with E-state index in [-0.39, 0.29) is 17.7 Å². The van der Waals surface area contributed by atoms with Crippen LogP contribution in [0.1, 0.15) is 38.7 Å². The number of nitrogens with one attached hydrogen (secondary N) is 1. The van der Waals surface area contributed by atoms with Crippen molar-refractivity contribution in [2.24, 2.45) is 11.8 Å². The summed E-state index contributed by atoms with van der Waals surface area (Å²) in [4.78, 5) is 26.3. The second kappa shape index (κ2) is 9.44. The van der Waals surface area contributed by atoms with Gasteiger partial charge in [-0.05, 0) is 42.9 Å². The number of piperidine rings is 1. The third-order valence-electron chi connectivity index (χ3n) is 4.67. The number of amides is 2. The van der Waals surface area contributed by atoms with E-state index in [1.807, 2.05) is 29.2 Å². The van der Waals surface area contributed by atoms with Crippen LogP contribution in [0.3, 0.4) is 0 Å². The number of likely N-dealkylation sites (tertiary alicyclic amines) is 1. The number of carbonyl (C=O) groups is 2. The molecule has 1 aliphatic rings. The zero-order valence-electron chi connectivity index (χ0n) is 15.6. The normalized spacial score (nSPS) is 15.3. The van der Waals surface area contributed by atoms with E-state index in [1.165, 1.54) is 5.56 Å². The average Bonchev–Trinajstić information content (AvgIpc) is 2.61. The fourth-order valence-corrected chi connectivity index (χ4v) is 3.14.